The molecule has 1 aromatic heterocycles. The molecule has 1 aliphatic heterocycles. The molecule has 4 rings (SSSR count). The van der Waals surface area contributed by atoms with Crippen LogP contribution in [-0.4, -0.2) is 24.0 Å². The normalized spacial score (nSPS) is 19.8. The molecule has 4 nitrogen and oxygen atoms in total. The van der Waals surface area contributed by atoms with Gasteiger partial charge in [-0.2, -0.15) is 0 Å². The molecule has 7 heteroatoms. The highest BCUT2D eigenvalue weighted by molar-refractivity contribution is 7.18. The van der Waals surface area contributed by atoms with Gasteiger partial charge in [-0.3, -0.25) is 4.79 Å². The highest BCUT2D eigenvalue weighted by Crippen LogP contribution is 2.28. The van der Waals surface area contributed by atoms with Gasteiger partial charge in [0.1, 0.15) is 11.9 Å². The summed E-state index contributed by atoms with van der Waals surface area (Å²) in [6.45, 7) is 1.30. The van der Waals surface area contributed by atoms with E-state index in [9.17, 15) is 9.18 Å². The number of amides is 1. The van der Waals surface area contributed by atoms with Gasteiger partial charge < -0.3 is 10.2 Å². The summed E-state index contributed by atoms with van der Waals surface area (Å²) in [5.41, 5.74) is 1.53. The van der Waals surface area contributed by atoms with Crippen LogP contribution in [0.3, 0.4) is 0 Å². The number of hydrogen-bond donors (Lipinski definition) is 2. The summed E-state index contributed by atoms with van der Waals surface area (Å²) in [7, 11) is 0. The molecule has 0 radical (unpaired) electrons. The largest absolute Gasteiger partial charge is 0.321 e. The van der Waals surface area contributed by atoms with Crippen molar-refractivity contribution < 1.29 is 14.1 Å². The number of hydrogen-bond acceptors (Lipinski definition) is 3. The predicted molar refractivity (Wildman–Crippen MR) is 102 cm³/mol. The first-order valence-electron chi connectivity index (χ1n) is 8.55. The lowest BCUT2D eigenvalue weighted by molar-refractivity contribution is -0.910. The van der Waals surface area contributed by atoms with Crippen molar-refractivity contribution in [2.24, 2.45) is 0 Å². The standard InChI is InChI=1S/C19H17ClFN3OS/c20-13-10-12(7-8-14(13)21)22-18(25)11-24-9-3-5-16(24)19-23-15-4-1-2-6-17(15)26-19/h1-2,4,6-8,10,16H,3,5,9,11H2,(H,22,25)/p+1/t16-/m0/s1. The number of carbonyl (C=O) groups excluding carboxylic acids is 1. The SMILES string of the molecule is O=C(C[NH+]1CCC[C@H]1c1nc2ccccc2s1)Nc1ccc(F)c(Cl)c1. The third kappa shape index (κ3) is 3.58. The number of nitrogens with zero attached hydrogens (tertiary/aromatic N) is 1. The average molecular weight is 391 g/mol. The zero-order valence-electron chi connectivity index (χ0n) is 14.0. The van der Waals surface area contributed by atoms with Gasteiger partial charge in [0.05, 0.1) is 21.8 Å². The van der Waals surface area contributed by atoms with Crippen LogP contribution in [0.4, 0.5) is 10.1 Å². The van der Waals surface area contributed by atoms with Crippen LogP contribution in [0.25, 0.3) is 10.2 Å². The molecule has 1 aliphatic rings. The number of halogens is 2. The van der Waals surface area contributed by atoms with E-state index in [1.165, 1.54) is 27.8 Å². The number of anilines is 1. The van der Waals surface area contributed by atoms with Gasteiger partial charge in [0, 0.05) is 18.5 Å². The van der Waals surface area contributed by atoms with Crippen molar-refractivity contribution in [1.29, 1.82) is 0 Å². The molecule has 134 valence electrons. The molecule has 2 atom stereocenters. The van der Waals surface area contributed by atoms with E-state index in [4.69, 9.17) is 16.6 Å². The third-order valence-corrected chi connectivity index (χ3v) is 6.12. The van der Waals surface area contributed by atoms with E-state index in [0.29, 0.717) is 12.2 Å². The van der Waals surface area contributed by atoms with Gasteiger partial charge in [-0.15, -0.1) is 11.3 Å². The molecule has 1 saturated heterocycles. The van der Waals surface area contributed by atoms with Crippen molar-refractivity contribution in [3.8, 4) is 0 Å². The Balaban J connectivity index is 1.46. The average Bonchev–Trinajstić information content (AvgIpc) is 3.24. The molecular weight excluding hydrogens is 373 g/mol. The summed E-state index contributed by atoms with van der Waals surface area (Å²) in [5, 5.41) is 3.90. The van der Waals surface area contributed by atoms with E-state index in [2.05, 4.69) is 11.4 Å². The summed E-state index contributed by atoms with van der Waals surface area (Å²) in [6, 6.07) is 12.6. The van der Waals surface area contributed by atoms with Gasteiger partial charge in [-0.25, -0.2) is 9.37 Å². The summed E-state index contributed by atoms with van der Waals surface area (Å²) < 4.78 is 14.4. The minimum Gasteiger partial charge on any atom is -0.321 e. The second-order valence-corrected chi connectivity index (χ2v) is 7.95. The molecule has 1 unspecified atom stereocenters. The minimum absolute atomic E-state index is 0.00340. The molecule has 0 bridgehead atoms. The number of benzene rings is 2. The maximum absolute atomic E-state index is 13.2. The number of quaternary nitrogens is 1. The molecule has 0 saturated carbocycles. The Hall–Kier alpha value is -2.02. The van der Waals surface area contributed by atoms with E-state index in [-0.39, 0.29) is 17.0 Å². The molecule has 26 heavy (non-hydrogen) atoms. The number of para-hydroxylation sites is 1. The zero-order chi connectivity index (χ0) is 18.1. The highest BCUT2D eigenvalue weighted by Gasteiger charge is 2.34. The number of nitrogens with one attached hydrogen (secondary N) is 2. The van der Waals surface area contributed by atoms with E-state index < -0.39 is 5.82 Å². The number of fused-ring (bicyclic) bond motifs is 1. The fraction of sp³-hybridized carbons (Fsp3) is 0.263. The Bertz CT molecular complexity index is 928. The summed E-state index contributed by atoms with van der Waals surface area (Å²) in [5.74, 6) is -0.596. The van der Waals surface area contributed by atoms with Crippen molar-refractivity contribution in [2.75, 3.05) is 18.4 Å². The van der Waals surface area contributed by atoms with Gasteiger partial charge in [0.2, 0.25) is 0 Å². The zero-order valence-corrected chi connectivity index (χ0v) is 15.5. The number of thiazole rings is 1. The second-order valence-electron chi connectivity index (χ2n) is 6.48. The fourth-order valence-corrected chi connectivity index (χ4v) is 4.79. The van der Waals surface area contributed by atoms with Gasteiger partial charge in [-0.1, -0.05) is 23.7 Å². The topological polar surface area (TPSA) is 46.4 Å². The Morgan fingerprint density at radius 2 is 2.19 bits per heavy atom. The van der Waals surface area contributed by atoms with Crippen molar-refractivity contribution in [3.05, 3.63) is 58.3 Å². The number of aromatic nitrogens is 1. The smallest absolute Gasteiger partial charge is 0.279 e. The summed E-state index contributed by atoms with van der Waals surface area (Å²) in [6.07, 6.45) is 2.11. The highest BCUT2D eigenvalue weighted by atomic mass is 35.5. The molecule has 2 aromatic carbocycles. The lowest BCUT2D eigenvalue weighted by Crippen LogP contribution is -3.11. The van der Waals surface area contributed by atoms with Crippen molar-refractivity contribution in [3.63, 3.8) is 0 Å². The molecule has 2 heterocycles. The van der Waals surface area contributed by atoms with Crippen LogP contribution in [0.1, 0.15) is 23.9 Å². The van der Waals surface area contributed by atoms with E-state index in [1.54, 1.807) is 11.3 Å². The first-order valence-corrected chi connectivity index (χ1v) is 9.74. The molecule has 0 aliphatic carbocycles. The van der Waals surface area contributed by atoms with Gasteiger partial charge in [-0.05, 0) is 30.3 Å². The van der Waals surface area contributed by atoms with Gasteiger partial charge in [0.15, 0.2) is 11.6 Å². The molecule has 3 aromatic rings. The Labute approximate surface area is 159 Å². The maximum atomic E-state index is 13.2. The summed E-state index contributed by atoms with van der Waals surface area (Å²) in [4.78, 5) is 18.4. The molecule has 2 N–H and O–H groups in total. The Kier molecular flexibility index (Phi) is 4.89. The maximum Gasteiger partial charge on any atom is 0.279 e. The van der Waals surface area contributed by atoms with E-state index in [0.717, 1.165) is 29.9 Å². The molecule has 1 amide bonds. The molecular formula is C19H18ClFN3OS+. The van der Waals surface area contributed by atoms with Crippen molar-refractivity contribution in [1.82, 2.24) is 4.98 Å². The van der Waals surface area contributed by atoms with Crippen LogP contribution in [0.2, 0.25) is 5.02 Å². The van der Waals surface area contributed by atoms with Crippen LogP contribution in [0, 0.1) is 5.82 Å². The quantitative estimate of drug-likeness (QED) is 0.716. The van der Waals surface area contributed by atoms with Crippen molar-refractivity contribution in [2.45, 2.75) is 18.9 Å². The van der Waals surface area contributed by atoms with Crippen LogP contribution in [-0.2, 0) is 4.79 Å². The molecule has 1 fully saturated rings. The summed E-state index contributed by atoms with van der Waals surface area (Å²) >= 11 is 7.48. The lowest BCUT2D eigenvalue weighted by Gasteiger charge is -2.19. The van der Waals surface area contributed by atoms with Gasteiger partial charge in [0.25, 0.3) is 5.91 Å². The van der Waals surface area contributed by atoms with Crippen LogP contribution in [0.15, 0.2) is 42.5 Å². The van der Waals surface area contributed by atoms with E-state index in [1.807, 2.05) is 18.2 Å². The fourth-order valence-electron chi connectivity index (χ4n) is 3.45. The van der Waals surface area contributed by atoms with Crippen LogP contribution >= 0.6 is 22.9 Å². The first kappa shape index (κ1) is 17.4. The van der Waals surface area contributed by atoms with Crippen LogP contribution < -0.4 is 10.2 Å². The predicted octanol–water partition coefficient (Wildman–Crippen LogP) is 3.45. The van der Waals surface area contributed by atoms with E-state index >= 15 is 0 Å². The monoisotopic (exact) mass is 390 g/mol. The number of likely N-dealkylation sites (tertiary alicyclic amines) is 1. The third-order valence-electron chi connectivity index (χ3n) is 4.68. The lowest BCUT2D eigenvalue weighted by atomic mass is 10.2. The van der Waals surface area contributed by atoms with Crippen molar-refractivity contribution >= 4 is 44.7 Å². The van der Waals surface area contributed by atoms with Gasteiger partial charge >= 0.3 is 0 Å². The second kappa shape index (κ2) is 7.31. The molecule has 0 spiro atoms. The first-order chi connectivity index (χ1) is 12.6. The number of rotatable bonds is 4. The number of carbonyl (C=O) groups is 1. The van der Waals surface area contributed by atoms with Crippen LogP contribution in [0.5, 0.6) is 0 Å². The minimum atomic E-state index is -0.495. The Morgan fingerprint density at radius 1 is 1.35 bits per heavy atom. The Morgan fingerprint density at radius 3 is 3.00 bits per heavy atom.